The van der Waals surface area contributed by atoms with Crippen LogP contribution in [0, 0.1) is 11.8 Å². The number of rotatable bonds is 10. The summed E-state index contributed by atoms with van der Waals surface area (Å²) in [7, 11) is 0. The zero-order valence-electron chi connectivity index (χ0n) is 19.8. The Kier molecular flexibility index (Phi) is 9.75. The highest BCUT2D eigenvalue weighted by Gasteiger charge is 2.46. The third-order valence-electron chi connectivity index (χ3n) is 6.37. The molecule has 0 amide bonds. The Morgan fingerprint density at radius 2 is 1.92 bits per heavy atom. The largest absolute Gasteiger partial charge is 0.545 e. The number of aliphatic hydroxyl groups excluding tert-OH is 5. The molecule has 0 spiro atoms. The van der Waals surface area contributed by atoms with Crippen LogP contribution in [0.5, 0.6) is 0 Å². The van der Waals surface area contributed by atoms with Crippen molar-refractivity contribution in [1.29, 1.82) is 0 Å². The molecule has 0 aromatic carbocycles. The van der Waals surface area contributed by atoms with Gasteiger partial charge in [0.15, 0.2) is 6.29 Å². The molecule has 13 nitrogen and oxygen atoms in total. The van der Waals surface area contributed by atoms with E-state index in [1.54, 1.807) is 6.08 Å². The van der Waals surface area contributed by atoms with Gasteiger partial charge >= 0.3 is 5.97 Å². The van der Waals surface area contributed by atoms with E-state index >= 15 is 0 Å². The van der Waals surface area contributed by atoms with E-state index < -0.39 is 67.4 Å². The molecule has 0 aliphatic carbocycles. The predicted octanol–water partition coefficient (Wildman–Crippen LogP) is -4.45. The minimum Gasteiger partial charge on any atom is -0.545 e. The lowest BCUT2D eigenvalue weighted by Crippen LogP contribution is -3.08. The minimum absolute atomic E-state index is 0.0149. The second-order valence-electron chi connectivity index (χ2n) is 8.83. The fourth-order valence-corrected chi connectivity index (χ4v) is 4.38. The third-order valence-corrected chi connectivity index (χ3v) is 6.37. The zero-order valence-corrected chi connectivity index (χ0v) is 19.8. The van der Waals surface area contributed by atoms with Crippen LogP contribution in [-0.2, 0) is 23.8 Å². The molecule has 3 aliphatic heterocycles. The maximum Gasteiger partial charge on any atom is 0.341 e. The van der Waals surface area contributed by atoms with Gasteiger partial charge in [-0.1, -0.05) is 18.2 Å². The van der Waals surface area contributed by atoms with E-state index in [0.29, 0.717) is 17.0 Å². The van der Waals surface area contributed by atoms with Gasteiger partial charge in [-0.2, -0.15) is 0 Å². The molecule has 0 saturated carbocycles. The number of carbonyl (C=O) groups is 2. The van der Waals surface area contributed by atoms with Crippen LogP contribution in [0.15, 0.2) is 60.1 Å². The molecule has 204 valence electrons. The van der Waals surface area contributed by atoms with Crippen molar-refractivity contribution < 1.29 is 64.4 Å². The number of hydrogen-bond donors (Lipinski definition) is 7. The van der Waals surface area contributed by atoms with Gasteiger partial charge in [0, 0.05) is 23.0 Å². The Balaban J connectivity index is 1.85. The van der Waals surface area contributed by atoms with Gasteiger partial charge in [-0.3, -0.25) is 0 Å². The van der Waals surface area contributed by atoms with E-state index in [-0.39, 0.29) is 24.3 Å². The minimum atomic E-state index is -1.71. The molecule has 3 aliphatic rings. The van der Waals surface area contributed by atoms with Crippen molar-refractivity contribution in [3.05, 3.63) is 60.1 Å². The van der Waals surface area contributed by atoms with Crippen molar-refractivity contribution in [2.75, 3.05) is 26.3 Å². The molecule has 37 heavy (non-hydrogen) atoms. The van der Waals surface area contributed by atoms with Gasteiger partial charge in [0.2, 0.25) is 6.29 Å². The number of carbonyl (C=O) groups excluding carboxylic acids is 1. The molecule has 0 aromatic rings. The summed E-state index contributed by atoms with van der Waals surface area (Å²) in [6, 6.07) is 0. The summed E-state index contributed by atoms with van der Waals surface area (Å²) in [6.07, 6.45) is -0.752. The second kappa shape index (κ2) is 12.6. The van der Waals surface area contributed by atoms with Crippen LogP contribution in [0.1, 0.15) is 0 Å². The van der Waals surface area contributed by atoms with Crippen molar-refractivity contribution in [3.8, 4) is 0 Å². The maximum absolute atomic E-state index is 11.8. The SMILES string of the molecule is C=C[C@H]1[C@H](O[C@@H]2O[C@H](CO)[C@@H](O)[C@H](O)[C@H]2O)OC=C(C(=O)[O-])[C@H]1/C=C/C1=CC(C(=O)O)=C[NH+](CCO)C1. The Hall–Kier alpha value is -2.88. The van der Waals surface area contributed by atoms with Gasteiger partial charge in [-0.05, 0) is 6.08 Å². The van der Waals surface area contributed by atoms with E-state index in [4.69, 9.17) is 14.2 Å². The average Bonchev–Trinajstić information content (AvgIpc) is 2.87. The molecule has 13 heteroatoms. The van der Waals surface area contributed by atoms with Crippen molar-refractivity contribution in [2.24, 2.45) is 11.8 Å². The lowest BCUT2D eigenvalue weighted by molar-refractivity contribution is -0.842. The normalized spacial score (nSPS) is 36.2. The number of hydrogen-bond acceptors (Lipinski definition) is 11. The standard InChI is InChI=1S/C24H31NO12/c1-2-14-15(4-3-12-7-13(21(31)32)9-25(8-12)5-6-26)16(22(33)34)11-35-23(14)37-24-20(30)19(29)18(28)17(10-27)36-24/h2-4,7,9,11,14-15,17-20,23-24,26-30H,1,5-6,8,10H2,(H,31,32)(H,33,34)/b4-3+/t14-,15+,17-,18-,19+,20-,23+,24+/m1/s1. The highest BCUT2D eigenvalue weighted by atomic mass is 16.8. The average molecular weight is 526 g/mol. The van der Waals surface area contributed by atoms with Crippen molar-refractivity contribution in [3.63, 3.8) is 0 Å². The van der Waals surface area contributed by atoms with Crippen molar-refractivity contribution >= 4 is 11.9 Å². The smallest absolute Gasteiger partial charge is 0.341 e. The first-order valence-corrected chi connectivity index (χ1v) is 11.6. The van der Waals surface area contributed by atoms with Gasteiger partial charge in [0.25, 0.3) is 0 Å². The lowest BCUT2D eigenvalue weighted by atomic mass is 9.83. The van der Waals surface area contributed by atoms with E-state index in [0.717, 1.165) is 6.26 Å². The monoisotopic (exact) mass is 525 g/mol. The maximum atomic E-state index is 11.8. The number of nitrogens with one attached hydrogen (secondary N) is 1. The number of aliphatic carboxylic acids is 2. The second-order valence-corrected chi connectivity index (χ2v) is 8.83. The Morgan fingerprint density at radius 1 is 1.19 bits per heavy atom. The molecular weight excluding hydrogens is 494 g/mol. The molecule has 0 bridgehead atoms. The number of carboxylic acid groups (broad SMARTS) is 2. The number of ether oxygens (including phenoxy) is 3. The first-order valence-electron chi connectivity index (χ1n) is 11.6. The van der Waals surface area contributed by atoms with Crippen LogP contribution in [0.3, 0.4) is 0 Å². The van der Waals surface area contributed by atoms with Crippen LogP contribution < -0.4 is 10.0 Å². The quantitative estimate of drug-likeness (QED) is 0.135. The highest BCUT2D eigenvalue weighted by Crippen LogP contribution is 2.35. The fraction of sp³-hybridized carbons (Fsp3) is 0.500. The van der Waals surface area contributed by atoms with Crippen LogP contribution in [0.25, 0.3) is 0 Å². The molecule has 3 heterocycles. The van der Waals surface area contributed by atoms with E-state index in [1.807, 2.05) is 0 Å². The molecule has 3 rings (SSSR count). The summed E-state index contributed by atoms with van der Waals surface area (Å²) in [6.45, 7) is 3.49. The van der Waals surface area contributed by atoms with Gasteiger partial charge in [0.1, 0.15) is 49.3 Å². The Morgan fingerprint density at radius 3 is 2.51 bits per heavy atom. The summed E-state index contributed by atoms with van der Waals surface area (Å²) in [5.74, 6) is -4.47. The Labute approximate surface area is 212 Å². The Bertz CT molecular complexity index is 986. The molecule has 1 unspecified atom stereocenters. The van der Waals surface area contributed by atoms with Crippen LogP contribution >= 0.6 is 0 Å². The number of carboxylic acids is 2. The van der Waals surface area contributed by atoms with E-state index in [2.05, 4.69) is 6.58 Å². The number of quaternary nitrogens is 1. The summed E-state index contributed by atoms with van der Waals surface area (Å²) < 4.78 is 16.4. The van der Waals surface area contributed by atoms with E-state index in [1.165, 1.54) is 24.4 Å². The molecule has 7 N–H and O–H groups in total. The molecule has 0 radical (unpaired) electrons. The lowest BCUT2D eigenvalue weighted by Gasteiger charge is -2.43. The van der Waals surface area contributed by atoms with Crippen LogP contribution in [0.2, 0.25) is 0 Å². The number of allylic oxidation sites excluding steroid dienone is 1. The molecule has 9 atom stereocenters. The molecule has 1 fully saturated rings. The van der Waals surface area contributed by atoms with Gasteiger partial charge in [-0.25, -0.2) is 4.79 Å². The summed E-state index contributed by atoms with van der Waals surface area (Å²) in [5.41, 5.74) is 0.322. The summed E-state index contributed by atoms with van der Waals surface area (Å²) in [4.78, 5) is 24.0. The third kappa shape index (κ3) is 6.52. The van der Waals surface area contributed by atoms with E-state index in [9.17, 15) is 45.3 Å². The first-order chi connectivity index (χ1) is 17.6. The summed E-state index contributed by atoms with van der Waals surface area (Å²) >= 11 is 0. The van der Waals surface area contributed by atoms with Gasteiger partial charge in [0.05, 0.1) is 25.4 Å². The van der Waals surface area contributed by atoms with Crippen LogP contribution in [0.4, 0.5) is 0 Å². The molecular formula is C24H31NO12. The summed E-state index contributed by atoms with van der Waals surface area (Å²) in [5, 5.41) is 70.1. The topological polar surface area (TPSA) is 211 Å². The number of aliphatic hydroxyl groups is 5. The predicted molar refractivity (Wildman–Crippen MR) is 121 cm³/mol. The first kappa shape index (κ1) is 28.7. The highest BCUT2D eigenvalue weighted by molar-refractivity contribution is 5.90. The van der Waals surface area contributed by atoms with Gasteiger partial charge < -0.3 is 59.7 Å². The zero-order chi connectivity index (χ0) is 27.3. The van der Waals surface area contributed by atoms with Crippen molar-refractivity contribution in [1.82, 2.24) is 0 Å². The van der Waals surface area contributed by atoms with Gasteiger partial charge in [-0.15, -0.1) is 6.58 Å². The molecule has 1 saturated heterocycles. The fourth-order valence-electron chi connectivity index (χ4n) is 4.38. The van der Waals surface area contributed by atoms with Crippen LogP contribution in [-0.4, -0.2) is 106 Å². The molecule has 0 aromatic heterocycles. The van der Waals surface area contributed by atoms with Crippen molar-refractivity contribution in [2.45, 2.75) is 37.0 Å².